The maximum absolute atomic E-state index is 13.1. The van der Waals surface area contributed by atoms with Crippen molar-refractivity contribution >= 4 is 28.8 Å². The molecule has 0 saturated heterocycles. The standard InChI is InChI=1S/C21H16F3N3O2/c1-13(28)14-5-4-6-15(11-14)26-16-9-10-25-19(12-16)20(29)27-18-8-3-2-7-17(18)21(22,23)24/h2-12H,1H3,(H,25,26)(H,27,29). The quantitative estimate of drug-likeness (QED) is 0.571. The molecule has 0 unspecified atom stereocenters. The van der Waals surface area contributed by atoms with Crippen LogP contribution in [-0.4, -0.2) is 16.7 Å². The van der Waals surface area contributed by atoms with E-state index < -0.39 is 17.6 Å². The second-order valence-corrected chi connectivity index (χ2v) is 6.19. The number of Topliss-reactive ketones (excluding diaryl/α,β-unsaturated/α-hetero) is 1. The third-order valence-electron chi connectivity index (χ3n) is 4.03. The Hall–Kier alpha value is -3.68. The van der Waals surface area contributed by atoms with E-state index in [-0.39, 0.29) is 17.2 Å². The molecule has 0 fully saturated rings. The average Bonchev–Trinajstić information content (AvgIpc) is 2.68. The predicted octanol–water partition coefficient (Wildman–Crippen LogP) is 5.30. The summed E-state index contributed by atoms with van der Waals surface area (Å²) < 4.78 is 39.3. The van der Waals surface area contributed by atoms with Crippen molar-refractivity contribution < 1.29 is 22.8 Å². The molecule has 0 saturated carbocycles. The molecule has 1 heterocycles. The van der Waals surface area contributed by atoms with Crippen LogP contribution < -0.4 is 10.6 Å². The van der Waals surface area contributed by atoms with Gasteiger partial charge in [0.05, 0.1) is 11.3 Å². The minimum absolute atomic E-state index is 0.0605. The molecule has 0 aliphatic rings. The molecular weight excluding hydrogens is 383 g/mol. The number of halogens is 3. The van der Waals surface area contributed by atoms with E-state index in [2.05, 4.69) is 15.6 Å². The first-order chi connectivity index (χ1) is 13.7. The first-order valence-corrected chi connectivity index (χ1v) is 8.56. The molecule has 5 nitrogen and oxygen atoms in total. The summed E-state index contributed by atoms with van der Waals surface area (Å²) in [6.07, 6.45) is -3.23. The van der Waals surface area contributed by atoms with Crippen molar-refractivity contribution in [3.63, 3.8) is 0 Å². The van der Waals surface area contributed by atoms with Crippen LogP contribution in [0, 0.1) is 0 Å². The van der Waals surface area contributed by atoms with Crippen molar-refractivity contribution in [2.45, 2.75) is 13.1 Å². The Kier molecular flexibility index (Phi) is 5.63. The minimum Gasteiger partial charge on any atom is -0.355 e. The maximum Gasteiger partial charge on any atom is 0.418 e. The van der Waals surface area contributed by atoms with Gasteiger partial charge in [0.25, 0.3) is 5.91 Å². The molecule has 0 atom stereocenters. The summed E-state index contributed by atoms with van der Waals surface area (Å²) in [7, 11) is 0. The van der Waals surface area contributed by atoms with Gasteiger partial charge in [-0.25, -0.2) is 0 Å². The van der Waals surface area contributed by atoms with Gasteiger partial charge in [-0.1, -0.05) is 24.3 Å². The molecule has 0 aliphatic carbocycles. The Bertz CT molecular complexity index is 1060. The number of pyridine rings is 1. The minimum atomic E-state index is -4.59. The van der Waals surface area contributed by atoms with Crippen molar-refractivity contribution in [3.05, 3.63) is 83.7 Å². The van der Waals surface area contributed by atoms with Gasteiger partial charge in [0.15, 0.2) is 5.78 Å². The Morgan fingerprint density at radius 3 is 2.38 bits per heavy atom. The molecular formula is C21H16F3N3O2. The highest BCUT2D eigenvalue weighted by atomic mass is 19.4. The monoisotopic (exact) mass is 399 g/mol. The van der Waals surface area contributed by atoms with Gasteiger partial charge in [-0.05, 0) is 43.3 Å². The molecule has 29 heavy (non-hydrogen) atoms. The van der Waals surface area contributed by atoms with Crippen LogP contribution in [-0.2, 0) is 6.18 Å². The molecule has 2 N–H and O–H groups in total. The first-order valence-electron chi connectivity index (χ1n) is 8.56. The van der Waals surface area contributed by atoms with Gasteiger partial charge in [-0.3, -0.25) is 14.6 Å². The summed E-state index contributed by atoms with van der Waals surface area (Å²) in [5, 5.41) is 5.30. The van der Waals surface area contributed by atoms with E-state index in [4.69, 9.17) is 0 Å². The molecule has 3 aromatic rings. The summed E-state index contributed by atoms with van der Waals surface area (Å²) in [6, 6.07) is 14.5. The lowest BCUT2D eigenvalue weighted by molar-refractivity contribution is -0.136. The fourth-order valence-corrected chi connectivity index (χ4v) is 2.64. The Morgan fingerprint density at radius 2 is 1.66 bits per heavy atom. The zero-order valence-corrected chi connectivity index (χ0v) is 15.2. The molecule has 148 valence electrons. The van der Waals surface area contributed by atoms with Crippen molar-refractivity contribution in [2.75, 3.05) is 10.6 Å². The number of ketones is 1. The molecule has 0 spiro atoms. The van der Waals surface area contributed by atoms with Crippen molar-refractivity contribution in [1.29, 1.82) is 0 Å². The van der Waals surface area contributed by atoms with Crippen LogP contribution in [0.4, 0.5) is 30.2 Å². The van der Waals surface area contributed by atoms with Crippen LogP contribution in [0.2, 0.25) is 0 Å². The van der Waals surface area contributed by atoms with Gasteiger partial charge in [0, 0.05) is 23.1 Å². The second-order valence-electron chi connectivity index (χ2n) is 6.19. The zero-order valence-electron chi connectivity index (χ0n) is 15.2. The number of amides is 1. The lowest BCUT2D eigenvalue weighted by atomic mass is 10.1. The molecule has 1 amide bonds. The highest BCUT2D eigenvalue weighted by Gasteiger charge is 2.33. The van der Waals surface area contributed by atoms with Crippen LogP contribution in [0.3, 0.4) is 0 Å². The third-order valence-corrected chi connectivity index (χ3v) is 4.03. The Balaban J connectivity index is 1.81. The van der Waals surface area contributed by atoms with Gasteiger partial charge >= 0.3 is 6.18 Å². The number of carbonyl (C=O) groups excluding carboxylic acids is 2. The number of nitrogens with one attached hydrogen (secondary N) is 2. The Morgan fingerprint density at radius 1 is 0.931 bits per heavy atom. The van der Waals surface area contributed by atoms with Crippen molar-refractivity contribution in [1.82, 2.24) is 4.98 Å². The van der Waals surface area contributed by atoms with E-state index in [9.17, 15) is 22.8 Å². The molecule has 0 bridgehead atoms. The van der Waals surface area contributed by atoms with E-state index in [1.807, 2.05) is 0 Å². The van der Waals surface area contributed by atoms with E-state index in [0.717, 1.165) is 6.07 Å². The Labute approximate surface area is 164 Å². The van der Waals surface area contributed by atoms with Gasteiger partial charge < -0.3 is 10.6 Å². The number of rotatable bonds is 5. The zero-order chi connectivity index (χ0) is 21.0. The molecule has 1 aromatic heterocycles. The molecule has 3 rings (SSSR count). The number of para-hydroxylation sites is 1. The topological polar surface area (TPSA) is 71.1 Å². The normalized spacial score (nSPS) is 11.0. The number of aromatic nitrogens is 1. The fraction of sp³-hybridized carbons (Fsp3) is 0.0952. The number of nitrogens with zero attached hydrogens (tertiary/aromatic N) is 1. The number of hydrogen-bond donors (Lipinski definition) is 2. The summed E-state index contributed by atoms with van der Waals surface area (Å²) in [5.74, 6) is -0.866. The summed E-state index contributed by atoms with van der Waals surface area (Å²) in [5.41, 5.74) is 0.288. The second kappa shape index (κ2) is 8.14. The van der Waals surface area contributed by atoms with Gasteiger partial charge in [0.1, 0.15) is 5.69 Å². The van der Waals surface area contributed by atoms with Gasteiger partial charge in [-0.2, -0.15) is 13.2 Å². The number of alkyl halides is 3. The van der Waals surface area contributed by atoms with Crippen molar-refractivity contribution in [3.8, 4) is 0 Å². The highest BCUT2D eigenvalue weighted by Crippen LogP contribution is 2.34. The summed E-state index contributed by atoms with van der Waals surface area (Å²) >= 11 is 0. The number of carbonyl (C=O) groups is 2. The number of anilines is 3. The van der Waals surface area contributed by atoms with Crippen molar-refractivity contribution in [2.24, 2.45) is 0 Å². The van der Waals surface area contributed by atoms with Crippen LogP contribution >= 0.6 is 0 Å². The van der Waals surface area contributed by atoms with Crippen LogP contribution in [0.25, 0.3) is 0 Å². The third kappa shape index (κ3) is 4.98. The predicted molar refractivity (Wildman–Crippen MR) is 103 cm³/mol. The van der Waals surface area contributed by atoms with E-state index in [1.54, 1.807) is 30.3 Å². The van der Waals surface area contributed by atoms with E-state index in [1.165, 1.54) is 37.4 Å². The number of benzene rings is 2. The highest BCUT2D eigenvalue weighted by molar-refractivity contribution is 6.04. The first kappa shape index (κ1) is 20.1. The van der Waals surface area contributed by atoms with Gasteiger partial charge in [0.2, 0.25) is 0 Å². The SMILES string of the molecule is CC(=O)c1cccc(Nc2ccnc(C(=O)Nc3ccccc3C(F)(F)F)c2)c1. The average molecular weight is 399 g/mol. The molecule has 2 aromatic carbocycles. The molecule has 8 heteroatoms. The van der Waals surface area contributed by atoms with Crippen LogP contribution in [0.15, 0.2) is 66.9 Å². The maximum atomic E-state index is 13.1. The summed E-state index contributed by atoms with van der Waals surface area (Å²) in [6.45, 7) is 1.45. The molecule has 0 aliphatic heterocycles. The fourth-order valence-electron chi connectivity index (χ4n) is 2.64. The van der Waals surface area contributed by atoms with E-state index in [0.29, 0.717) is 16.9 Å². The lowest BCUT2D eigenvalue weighted by Crippen LogP contribution is -2.17. The lowest BCUT2D eigenvalue weighted by Gasteiger charge is -2.13. The number of hydrogen-bond acceptors (Lipinski definition) is 4. The largest absolute Gasteiger partial charge is 0.418 e. The smallest absolute Gasteiger partial charge is 0.355 e. The van der Waals surface area contributed by atoms with Gasteiger partial charge in [-0.15, -0.1) is 0 Å². The van der Waals surface area contributed by atoms with Crippen LogP contribution in [0.5, 0.6) is 0 Å². The summed E-state index contributed by atoms with van der Waals surface area (Å²) in [4.78, 5) is 27.8. The van der Waals surface area contributed by atoms with Crippen LogP contribution in [0.1, 0.15) is 33.3 Å². The molecule has 0 radical (unpaired) electrons. The van der Waals surface area contributed by atoms with E-state index >= 15 is 0 Å².